The minimum atomic E-state index is 0.166. The molecule has 2 nitrogen and oxygen atoms in total. The average molecular weight is 350 g/mol. The van der Waals surface area contributed by atoms with Crippen LogP contribution in [0.1, 0.15) is 95.2 Å². The standard InChI is InChI=1S/C24H33N2/c1-22(2)18-11-10-17(13-19(18)23(3,4)24(22,5)6)26-14-25(7)20-15-8-9-16(12-15)21(20)26/h10-11,13-16H,8-9,12H2,1-7H3/q+1. The van der Waals surface area contributed by atoms with Gasteiger partial charge in [0.1, 0.15) is 11.4 Å². The van der Waals surface area contributed by atoms with Gasteiger partial charge < -0.3 is 0 Å². The van der Waals surface area contributed by atoms with E-state index in [-0.39, 0.29) is 16.2 Å². The highest BCUT2D eigenvalue weighted by molar-refractivity contribution is 5.54. The van der Waals surface area contributed by atoms with E-state index in [1.807, 2.05) is 0 Å². The Morgan fingerprint density at radius 2 is 1.58 bits per heavy atom. The van der Waals surface area contributed by atoms with Crippen molar-refractivity contribution in [1.29, 1.82) is 0 Å². The summed E-state index contributed by atoms with van der Waals surface area (Å²) in [6.45, 7) is 14.6. The van der Waals surface area contributed by atoms with Crippen molar-refractivity contribution in [2.45, 2.75) is 83.5 Å². The molecule has 0 amide bonds. The van der Waals surface area contributed by atoms with Gasteiger partial charge in [-0.2, -0.15) is 4.57 Å². The number of fused-ring (bicyclic) bond motifs is 6. The molecule has 0 aliphatic heterocycles. The molecule has 2 heteroatoms. The maximum absolute atomic E-state index is 2.51. The number of hydrogen-bond acceptors (Lipinski definition) is 0. The largest absolute Gasteiger partial charge is 0.249 e. The van der Waals surface area contributed by atoms with Crippen LogP contribution >= 0.6 is 0 Å². The van der Waals surface area contributed by atoms with Crippen molar-refractivity contribution in [3.63, 3.8) is 0 Å². The molecule has 1 fully saturated rings. The van der Waals surface area contributed by atoms with E-state index >= 15 is 0 Å². The fraction of sp³-hybridized carbons (Fsp3) is 0.625. The number of rotatable bonds is 1. The molecule has 1 heterocycles. The van der Waals surface area contributed by atoms with E-state index in [0.717, 1.165) is 11.8 Å². The Morgan fingerprint density at radius 3 is 2.31 bits per heavy atom. The molecule has 0 radical (unpaired) electrons. The van der Waals surface area contributed by atoms with Crippen molar-refractivity contribution in [3.05, 3.63) is 47.0 Å². The van der Waals surface area contributed by atoms with E-state index < -0.39 is 0 Å². The molecule has 138 valence electrons. The second-order valence-corrected chi connectivity index (χ2v) is 10.7. The summed E-state index contributed by atoms with van der Waals surface area (Å²) in [4.78, 5) is 0. The number of benzene rings is 1. The van der Waals surface area contributed by atoms with Crippen LogP contribution in [0.2, 0.25) is 0 Å². The van der Waals surface area contributed by atoms with E-state index in [1.165, 1.54) is 30.5 Å². The molecule has 0 N–H and O–H groups in total. The first-order chi connectivity index (χ1) is 12.1. The lowest BCUT2D eigenvalue weighted by atomic mass is 9.59. The third-order valence-corrected chi connectivity index (χ3v) is 9.15. The fourth-order valence-corrected chi connectivity index (χ4v) is 6.39. The first-order valence-electron chi connectivity index (χ1n) is 10.3. The molecule has 2 atom stereocenters. The Hall–Kier alpha value is -1.57. The van der Waals surface area contributed by atoms with Crippen molar-refractivity contribution >= 4 is 0 Å². The predicted octanol–water partition coefficient (Wildman–Crippen LogP) is 5.26. The number of aryl methyl sites for hydroxylation is 1. The quantitative estimate of drug-likeness (QED) is 0.621. The summed E-state index contributed by atoms with van der Waals surface area (Å²) in [5.41, 5.74) is 8.20. The van der Waals surface area contributed by atoms with Crippen LogP contribution < -0.4 is 4.57 Å². The Morgan fingerprint density at radius 1 is 0.923 bits per heavy atom. The second kappa shape index (κ2) is 4.64. The zero-order chi connectivity index (χ0) is 18.6. The molecule has 0 saturated heterocycles. The molecule has 1 aromatic carbocycles. The normalized spacial score (nSPS) is 29.0. The predicted molar refractivity (Wildman–Crippen MR) is 106 cm³/mol. The second-order valence-electron chi connectivity index (χ2n) is 10.7. The van der Waals surface area contributed by atoms with Crippen molar-refractivity contribution in [3.8, 4) is 5.69 Å². The monoisotopic (exact) mass is 349 g/mol. The molecular formula is C24H33N2+. The summed E-state index contributed by atoms with van der Waals surface area (Å²) in [7, 11) is 2.24. The number of nitrogens with zero attached hydrogens (tertiary/aromatic N) is 2. The Balaban J connectivity index is 1.71. The van der Waals surface area contributed by atoms with Gasteiger partial charge in [0.2, 0.25) is 6.33 Å². The van der Waals surface area contributed by atoms with Crippen molar-refractivity contribution in [1.82, 2.24) is 4.57 Å². The number of imidazole rings is 1. The third kappa shape index (κ3) is 1.67. The molecule has 3 aliphatic rings. The highest BCUT2D eigenvalue weighted by atomic mass is 15.2. The summed E-state index contributed by atoms with van der Waals surface area (Å²) >= 11 is 0. The van der Waals surface area contributed by atoms with E-state index in [0.29, 0.717) is 0 Å². The summed E-state index contributed by atoms with van der Waals surface area (Å²) in [6.07, 6.45) is 6.46. The van der Waals surface area contributed by atoms with E-state index in [9.17, 15) is 0 Å². The molecule has 1 aromatic heterocycles. The number of aromatic nitrogens is 2. The zero-order valence-corrected chi connectivity index (χ0v) is 17.5. The summed E-state index contributed by atoms with van der Waals surface area (Å²) < 4.78 is 4.90. The molecule has 2 unspecified atom stereocenters. The minimum absolute atomic E-state index is 0.166. The molecular weight excluding hydrogens is 316 g/mol. The van der Waals surface area contributed by atoms with E-state index in [2.05, 4.69) is 82.3 Å². The molecule has 1 saturated carbocycles. The maximum Gasteiger partial charge on any atom is 0.249 e. The van der Waals surface area contributed by atoms with Gasteiger partial charge in [0.05, 0.1) is 7.05 Å². The average Bonchev–Trinajstić information content (AvgIpc) is 3.28. The minimum Gasteiger partial charge on any atom is -0.236 e. The van der Waals surface area contributed by atoms with Gasteiger partial charge in [-0.25, -0.2) is 4.57 Å². The molecule has 26 heavy (non-hydrogen) atoms. The van der Waals surface area contributed by atoms with Gasteiger partial charge in [-0.3, -0.25) is 0 Å². The Bertz CT molecular complexity index is 926. The summed E-state index contributed by atoms with van der Waals surface area (Å²) in [5, 5.41) is 0. The fourth-order valence-electron chi connectivity index (χ4n) is 6.39. The van der Waals surface area contributed by atoms with Crippen molar-refractivity contribution in [2.24, 2.45) is 12.5 Å². The van der Waals surface area contributed by atoms with Crippen LogP contribution in [-0.4, -0.2) is 4.57 Å². The van der Waals surface area contributed by atoms with Gasteiger partial charge in [0.25, 0.3) is 0 Å². The highest BCUT2D eigenvalue weighted by Crippen LogP contribution is 2.61. The van der Waals surface area contributed by atoms with Crippen LogP contribution in [0, 0.1) is 5.41 Å². The van der Waals surface area contributed by atoms with Crippen LogP contribution in [-0.2, 0) is 17.9 Å². The van der Waals surface area contributed by atoms with Crippen LogP contribution in [0.25, 0.3) is 5.69 Å². The van der Waals surface area contributed by atoms with Crippen LogP contribution in [0.5, 0.6) is 0 Å². The van der Waals surface area contributed by atoms with Crippen molar-refractivity contribution < 1.29 is 4.57 Å². The summed E-state index contributed by atoms with van der Waals surface area (Å²) in [5.74, 6) is 1.57. The first-order valence-corrected chi connectivity index (χ1v) is 10.3. The lowest BCUT2D eigenvalue weighted by Crippen LogP contribution is -2.42. The molecule has 3 aliphatic carbocycles. The summed E-state index contributed by atoms with van der Waals surface area (Å²) in [6, 6.07) is 7.28. The molecule has 5 rings (SSSR count). The van der Waals surface area contributed by atoms with Gasteiger partial charge in [-0.05, 0) is 58.8 Å². The van der Waals surface area contributed by atoms with Crippen LogP contribution in [0.3, 0.4) is 0 Å². The smallest absolute Gasteiger partial charge is 0.236 e. The van der Waals surface area contributed by atoms with E-state index in [1.54, 1.807) is 17.0 Å². The van der Waals surface area contributed by atoms with Gasteiger partial charge >= 0.3 is 0 Å². The lowest BCUT2D eigenvalue weighted by molar-refractivity contribution is -0.679. The zero-order valence-electron chi connectivity index (χ0n) is 17.5. The van der Waals surface area contributed by atoms with Gasteiger partial charge in [-0.1, -0.05) is 47.6 Å². The molecule has 0 spiro atoms. The lowest BCUT2D eigenvalue weighted by Gasteiger charge is -2.44. The molecule has 2 bridgehead atoms. The van der Waals surface area contributed by atoms with Gasteiger partial charge in [0.15, 0.2) is 5.69 Å². The topological polar surface area (TPSA) is 8.81 Å². The van der Waals surface area contributed by atoms with Gasteiger partial charge in [0, 0.05) is 11.8 Å². The van der Waals surface area contributed by atoms with Gasteiger partial charge in [-0.15, -0.1) is 0 Å². The third-order valence-electron chi connectivity index (χ3n) is 9.15. The Labute approximate surface area is 158 Å². The van der Waals surface area contributed by atoms with E-state index in [4.69, 9.17) is 0 Å². The van der Waals surface area contributed by atoms with Crippen LogP contribution in [0.4, 0.5) is 0 Å². The number of hydrogen-bond donors (Lipinski definition) is 0. The SMILES string of the molecule is C[n+]1cn(-c2ccc3c(c2)C(C)(C)C(C)(C)C3(C)C)c2c1C1CCC2C1. The Kier molecular flexibility index (Phi) is 2.96. The van der Waals surface area contributed by atoms with Crippen LogP contribution in [0.15, 0.2) is 24.5 Å². The first kappa shape index (κ1) is 16.6. The highest BCUT2D eigenvalue weighted by Gasteiger charge is 2.57. The van der Waals surface area contributed by atoms with Crippen molar-refractivity contribution in [2.75, 3.05) is 0 Å². The molecule has 2 aromatic rings. The maximum atomic E-state index is 2.51.